The molecule has 1 aromatic heterocycles. The maximum Gasteiger partial charge on any atom is 0.171 e. The van der Waals surface area contributed by atoms with Crippen LogP contribution in [0.25, 0.3) is 22.2 Å². The number of rotatable bonds is 7. The van der Waals surface area contributed by atoms with Crippen LogP contribution in [0.5, 0.6) is 0 Å². The smallest absolute Gasteiger partial charge is 0.171 e. The molecular weight excluding hydrogens is 591 g/mol. The fraction of sp³-hybridized carbons (Fsp3) is 0.0930. The molecule has 0 saturated carbocycles. The Labute approximate surface area is 277 Å². The molecule has 1 heterocycles. The molecule has 0 aliphatic heterocycles. The van der Waals surface area contributed by atoms with Crippen molar-refractivity contribution in [2.45, 2.75) is 27.7 Å². The minimum atomic E-state index is -3.24. The molecule has 0 spiro atoms. The molecule has 0 aliphatic rings. The normalized spacial score (nSPS) is 12.5. The number of aryl methyl sites for hydroxylation is 4. The molecule has 1 atom stereocenters. The summed E-state index contributed by atoms with van der Waals surface area (Å²) in [5.74, 6) is 0. The van der Waals surface area contributed by atoms with Crippen LogP contribution >= 0.6 is 7.14 Å². The lowest BCUT2D eigenvalue weighted by Crippen LogP contribution is -2.25. The SMILES string of the molecule is Cc1cc(C)cc(N(c2ccc(P(=O)(c3ccccc3)c3cccc(-c4ccc5ccccc5n4)c3)cc2)c2cc(C)cc(C)c2)c1. The van der Waals surface area contributed by atoms with Crippen molar-refractivity contribution in [3.05, 3.63) is 174 Å². The maximum atomic E-state index is 15.6. The zero-order chi connectivity index (χ0) is 32.5. The molecule has 3 nitrogen and oxygen atoms in total. The fourth-order valence-corrected chi connectivity index (χ4v) is 9.26. The molecule has 0 fully saturated rings. The van der Waals surface area contributed by atoms with Crippen molar-refractivity contribution in [1.29, 1.82) is 0 Å². The van der Waals surface area contributed by atoms with Gasteiger partial charge in [0.1, 0.15) is 0 Å². The predicted molar refractivity (Wildman–Crippen MR) is 200 cm³/mol. The highest BCUT2D eigenvalue weighted by atomic mass is 31.2. The Kier molecular flexibility index (Phi) is 8.10. The van der Waals surface area contributed by atoms with E-state index in [4.69, 9.17) is 4.98 Å². The van der Waals surface area contributed by atoms with Crippen LogP contribution in [0.3, 0.4) is 0 Å². The molecule has 0 saturated heterocycles. The van der Waals surface area contributed by atoms with Gasteiger partial charge in [-0.05, 0) is 117 Å². The van der Waals surface area contributed by atoms with Crippen LogP contribution < -0.4 is 20.8 Å². The van der Waals surface area contributed by atoms with Crippen molar-refractivity contribution in [3.63, 3.8) is 0 Å². The van der Waals surface area contributed by atoms with E-state index in [2.05, 4.69) is 99.3 Å². The van der Waals surface area contributed by atoms with Crippen molar-refractivity contribution in [2.75, 3.05) is 4.90 Å². The third kappa shape index (κ3) is 6.03. The molecule has 0 radical (unpaired) electrons. The van der Waals surface area contributed by atoms with E-state index in [9.17, 15) is 0 Å². The average Bonchev–Trinajstić information content (AvgIpc) is 3.08. The van der Waals surface area contributed by atoms with E-state index >= 15 is 4.57 Å². The summed E-state index contributed by atoms with van der Waals surface area (Å²) in [6.45, 7) is 8.54. The zero-order valence-corrected chi connectivity index (χ0v) is 28.1. The van der Waals surface area contributed by atoms with Crippen LogP contribution in [0.4, 0.5) is 17.1 Å². The number of benzene rings is 6. The molecule has 230 valence electrons. The highest BCUT2D eigenvalue weighted by Gasteiger charge is 2.30. The lowest BCUT2D eigenvalue weighted by molar-refractivity contribution is 0.592. The Balaban J connectivity index is 1.35. The van der Waals surface area contributed by atoms with Gasteiger partial charge in [0.25, 0.3) is 0 Å². The summed E-state index contributed by atoms with van der Waals surface area (Å²) in [6.07, 6.45) is 0. The molecule has 1 unspecified atom stereocenters. The number of para-hydroxylation sites is 1. The summed E-state index contributed by atoms with van der Waals surface area (Å²) in [7, 11) is -3.24. The Morgan fingerprint density at radius 3 is 1.66 bits per heavy atom. The van der Waals surface area contributed by atoms with Crippen LogP contribution in [0.15, 0.2) is 152 Å². The van der Waals surface area contributed by atoms with Gasteiger partial charge in [-0.25, -0.2) is 4.98 Å². The number of hydrogen-bond acceptors (Lipinski definition) is 3. The summed E-state index contributed by atoms with van der Waals surface area (Å²) >= 11 is 0. The second-order valence-corrected chi connectivity index (χ2v) is 15.2. The minimum Gasteiger partial charge on any atom is -0.310 e. The summed E-state index contributed by atoms with van der Waals surface area (Å²) < 4.78 is 15.6. The third-order valence-electron chi connectivity index (χ3n) is 8.62. The Morgan fingerprint density at radius 1 is 0.468 bits per heavy atom. The molecule has 7 rings (SSSR count). The topological polar surface area (TPSA) is 33.2 Å². The van der Waals surface area contributed by atoms with E-state index in [1.807, 2.05) is 84.9 Å². The second-order valence-electron chi connectivity index (χ2n) is 12.4. The third-order valence-corrected chi connectivity index (χ3v) is 11.7. The lowest BCUT2D eigenvalue weighted by Gasteiger charge is -2.28. The summed E-state index contributed by atoms with van der Waals surface area (Å²) in [5.41, 5.74) is 10.8. The van der Waals surface area contributed by atoms with E-state index in [1.54, 1.807) is 0 Å². The van der Waals surface area contributed by atoms with Crippen molar-refractivity contribution < 1.29 is 4.57 Å². The number of anilines is 3. The first kappa shape index (κ1) is 30.4. The molecule has 0 aliphatic carbocycles. The average molecular weight is 629 g/mol. The molecule has 0 bridgehead atoms. The number of nitrogens with zero attached hydrogens (tertiary/aromatic N) is 2. The quantitative estimate of drug-likeness (QED) is 0.165. The van der Waals surface area contributed by atoms with Crippen LogP contribution in [0.1, 0.15) is 22.3 Å². The summed E-state index contributed by atoms with van der Waals surface area (Å²) in [5, 5.41) is 3.47. The fourth-order valence-electron chi connectivity index (χ4n) is 6.59. The van der Waals surface area contributed by atoms with Crippen LogP contribution in [0.2, 0.25) is 0 Å². The first-order chi connectivity index (χ1) is 22.8. The second kappa shape index (κ2) is 12.5. The predicted octanol–water partition coefficient (Wildman–Crippen LogP) is 10.2. The molecular formula is C43H37N2OP. The van der Waals surface area contributed by atoms with Crippen molar-refractivity contribution in [3.8, 4) is 11.3 Å². The highest BCUT2D eigenvalue weighted by Crippen LogP contribution is 2.44. The molecule has 7 aromatic rings. The number of hydrogen-bond donors (Lipinski definition) is 0. The largest absolute Gasteiger partial charge is 0.310 e. The Morgan fingerprint density at radius 2 is 1.02 bits per heavy atom. The van der Waals surface area contributed by atoms with E-state index < -0.39 is 7.14 Å². The van der Waals surface area contributed by atoms with Crippen LogP contribution in [-0.2, 0) is 4.57 Å². The van der Waals surface area contributed by atoms with Crippen LogP contribution in [-0.4, -0.2) is 4.98 Å². The number of fused-ring (bicyclic) bond motifs is 1. The maximum absolute atomic E-state index is 15.6. The van der Waals surface area contributed by atoms with Gasteiger partial charge in [0, 0.05) is 43.9 Å². The molecule has 6 aromatic carbocycles. The van der Waals surface area contributed by atoms with Crippen LogP contribution in [0, 0.1) is 27.7 Å². The van der Waals surface area contributed by atoms with E-state index in [0.717, 1.165) is 55.1 Å². The van der Waals surface area contributed by atoms with Gasteiger partial charge in [0.05, 0.1) is 11.2 Å². The molecule has 0 amide bonds. The van der Waals surface area contributed by atoms with Gasteiger partial charge in [0.15, 0.2) is 7.14 Å². The van der Waals surface area contributed by atoms with Crippen molar-refractivity contribution in [2.24, 2.45) is 0 Å². The first-order valence-corrected chi connectivity index (χ1v) is 17.7. The van der Waals surface area contributed by atoms with Gasteiger partial charge in [-0.1, -0.05) is 84.9 Å². The van der Waals surface area contributed by atoms with E-state index in [0.29, 0.717) is 0 Å². The first-order valence-electron chi connectivity index (χ1n) is 16.0. The van der Waals surface area contributed by atoms with Gasteiger partial charge in [-0.2, -0.15) is 0 Å². The molecule has 0 N–H and O–H groups in total. The summed E-state index contributed by atoms with van der Waals surface area (Å²) in [4.78, 5) is 7.23. The van der Waals surface area contributed by atoms with Gasteiger partial charge in [-0.15, -0.1) is 0 Å². The Bertz CT molecular complexity index is 2180. The summed E-state index contributed by atoms with van der Waals surface area (Å²) in [6, 6.07) is 51.8. The standard InChI is InChI=1S/C43H37N2OP/c1-30-23-31(2)26-37(25-30)45(38-27-32(3)24-33(4)28-38)36-18-20-40(21-19-36)47(46,39-13-6-5-7-14-39)41-15-10-12-35(29-41)43-22-17-34-11-8-9-16-42(34)44-43/h5-29H,1-4H3. The number of aromatic nitrogens is 1. The van der Waals surface area contributed by atoms with Crippen molar-refractivity contribution in [1.82, 2.24) is 4.98 Å². The van der Waals surface area contributed by atoms with Gasteiger partial charge < -0.3 is 9.46 Å². The molecule has 47 heavy (non-hydrogen) atoms. The number of pyridine rings is 1. The minimum absolute atomic E-state index is 0.782. The lowest BCUT2D eigenvalue weighted by atomic mass is 10.1. The monoisotopic (exact) mass is 628 g/mol. The molecule has 4 heteroatoms. The van der Waals surface area contributed by atoms with E-state index in [-0.39, 0.29) is 0 Å². The Hall–Kier alpha value is -5.24. The van der Waals surface area contributed by atoms with Crippen molar-refractivity contribution >= 4 is 51.0 Å². The zero-order valence-electron chi connectivity index (χ0n) is 27.2. The van der Waals surface area contributed by atoms with Gasteiger partial charge >= 0.3 is 0 Å². The van der Waals surface area contributed by atoms with Gasteiger partial charge in [0.2, 0.25) is 0 Å². The van der Waals surface area contributed by atoms with E-state index in [1.165, 1.54) is 22.3 Å². The highest BCUT2D eigenvalue weighted by molar-refractivity contribution is 7.85. The van der Waals surface area contributed by atoms with Gasteiger partial charge in [-0.3, -0.25) is 0 Å².